The normalized spacial score (nSPS) is 10.0. The van der Waals surface area contributed by atoms with Crippen LogP contribution in [0.15, 0.2) is 0 Å². The summed E-state index contributed by atoms with van der Waals surface area (Å²) in [5.74, 6) is 0. The molecule has 0 atom stereocenters. The van der Waals surface area contributed by atoms with Crippen LogP contribution in [0.5, 0.6) is 0 Å². The van der Waals surface area contributed by atoms with E-state index < -0.39 is 0 Å². The Morgan fingerprint density at radius 3 is 1.13 bits per heavy atom. The van der Waals surface area contributed by atoms with Gasteiger partial charge in [0.15, 0.2) is 0 Å². The summed E-state index contributed by atoms with van der Waals surface area (Å²) in [5, 5.41) is 0. The molecular weight excluding hydrogens is 318 g/mol. The summed E-state index contributed by atoms with van der Waals surface area (Å²) < 4.78 is 0. The summed E-state index contributed by atoms with van der Waals surface area (Å²) in [4.78, 5) is 2.64. The molecule has 0 radical (unpaired) electrons. The summed E-state index contributed by atoms with van der Waals surface area (Å²) in [6.07, 6.45) is 8.09. The first-order valence-electron chi connectivity index (χ1n) is 6.21. The molecule has 0 aromatic heterocycles. The van der Waals surface area contributed by atoms with Crippen molar-refractivity contribution >= 4 is 28.3 Å². The number of unbranched alkanes of at least 4 members (excludes halogenated alkanes) is 3. The van der Waals surface area contributed by atoms with E-state index in [-0.39, 0.29) is 0 Å². The molecule has 0 saturated carbocycles. The number of rotatable bonds is 9. The molecule has 0 amide bonds. The molecule has 0 aliphatic heterocycles. The highest BCUT2D eigenvalue weighted by Crippen LogP contribution is 2.01. The SMILES string of the molecule is BrBr.CCCCN(CCCC)CCCC. The van der Waals surface area contributed by atoms with Crippen LogP contribution in [0, 0.1) is 0 Å². The van der Waals surface area contributed by atoms with Gasteiger partial charge in [-0.2, -0.15) is 0 Å². The Morgan fingerprint density at radius 2 is 0.933 bits per heavy atom. The lowest BCUT2D eigenvalue weighted by Crippen LogP contribution is -2.27. The summed E-state index contributed by atoms with van der Waals surface area (Å²) in [6.45, 7) is 10.8. The molecule has 0 saturated heterocycles. The van der Waals surface area contributed by atoms with Gasteiger partial charge in [-0.25, -0.2) is 0 Å². The van der Waals surface area contributed by atoms with Gasteiger partial charge < -0.3 is 4.90 Å². The van der Waals surface area contributed by atoms with Gasteiger partial charge >= 0.3 is 0 Å². The maximum Gasteiger partial charge on any atom is 0 e. The molecule has 94 valence electrons. The molecule has 0 heterocycles. The Bertz CT molecular complexity index is 80.6. The van der Waals surface area contributed by atoms with Crippen molar-refractivity contribution in [3.63, 3.8) is 0 Å². The van der Waals surface area contributed by atoms with Crippen LogP contribution in [-0.2, 0) is 0 Å². The van der Waals surface area contributed by atoms with Gasteiger partial charge in [0.25, 0.3) is 0 Å². The van der Waals surface area contributed by atoms with Crippen molar-refractivity contribution in [1.29, 1.82) is 0 Å². The summed E-state index contributed by atoms with van der Waals surface area (Å²) in [7, 11) is 0. The van der Waals surface area contributed by atoms with Crippen LogP contribution >= 0.6 is 28.3 Å². The van der Waals surface area contributed by atoms with Crippen LogP contribution in [0.4, 0.5) is 0 Å². The maximum absolute atomic E-state index is 2.75. The molecule has 0 bridgehead atoms. The minimum Gasteiger partial charge on any atom is -0.303 e. The summed E-state index contributed by atoms with van der Waals surface area (Å²) in [5.41, 5.74) is 0. The first kappa shape index (κ1) is 18.3. The highest BCUT2D eigenvalue weighted by Gasteiger charge is 2.01. The lowest BCUT2D eigenvalue weighted by molar-refractivity contribution is 0.261. The van der Waals surface area contributed by atoms with Gasteiger partial charge in [-0.15, -0.1) is 0 Å². The number of halogens is 2. The average molecular weight is 345 g/mol. The Hall–Kier alpha value is 0.920. The van der Waals surface area contributed by atoms with Gasteiger partial charge in [-0.3, -0.25) is 0 Å². The topological polar surface area (TPSA) is 3.24 Å². The fourth-order valence-electron chi connectivity index (χ4n) is 1.48. The zero-order valence-corrected chi connectivity index (χ0v) is 13.7. The van der Waals surface area contributed by atoms with E-state index in [0.29, 0.717) is 0 Å². The first-order valence-corrected chi connectivity index (χ1v) is 9.93. The second-order valence-corrected chi connectivity index (χ2v) is 3.90. The van der Waals surface area contributed by atoms with E-state index >= 15 is 0 Å². The molecule has 1 nitrogen and oxygen atoms in total. The van der Waals surface area contributed by atoms with Crippen molar-refractivity contribution < 1.29 is 0 Å². The molecular formula is C12H27Br2N. The number of hydrogen-bond acceptors (Lipinski definition) is 1. The van der Waals surface area contributed by atoms with Gasteiger partial charge in [-0.05, 0) is 38.9 Å². The molecule has 0 unspecified atom stereocenters. The van der Waals surface area contributed by atoms with Gasteiger partial charge in [-0.1, -0.05) is 40.0 Å². The second kappa shape index (κ2) is 17.3. The lowest BCUT2D eigenvalue weighted by Gasteiger charge is -2.21. The second-order valence-electron chi connectivity index (χ2n) is 3.90. The van der Waals surface area contributed by atoms with E-state index in [1.54, 1.807) is 0 Å². The lowest BCUT2D eigenvalue weighted by atomic mass is 10.2. The molecule has 0 spiro atoms. The van der Waals surface area contributed by atoms with Gasteiger partial charge in [0.1, 0.15) is 0 Å². The van der Waals surface area contributed by atoms with E-state index in [1.807, 2.05) is 0 Å². The predicted octanol–water partition coefficient (Wildman–Crippen LogP) is 5.38. The zero-order valence-electron chi connectivity index (χ0n) is 10.6. The molecule has 0 aromatic rings. The molecule has 0 aliphatic rings. The van der Waals surface area contributed by atoms with Gasteiger partial charge in [0, 0.05) is 28.3 Å². The third-order valence-electron chi connectivity index (χ3n) is 2.48. The van der Waals surface area contributed by atoms with Crippen LogP contribution in [0.3, 0.4) is 0 Å². The fourth-order valence-corrected chi connectivity index (χ4v) is 1.48. The van der Waals surface area contributed by atoms with Crippen molar-refractivity contribution in [2.45, 2.75) is 59.3 Å². The first-order chi connectivity index (χ1) is 7.35. The maximum atomic E-state index is 2.75. The van der Waals surface area contributed by atoms with Crippen LogP contribution in [0.25, 0.3) is 0 Å². The minimum absolute atomic E-state index is 1.32. The van der Waals surface area contributed by atoms with Crippen LogP contribution in [0.1, 0.15) is 59.3 Å². The van der Waals surface area contributed by atoms with E-state index in [4.69, 9.17) is 0 Å². The highest BCUT2D eigenvalue weighted by molar-refractivity contribution is 9.93. The molecule has 0 N–H and O–H groups in total. The van der Waals surface area contributed by atoms with Gasteiger partial charge in [0.05, 0.1) is 0 Å². The van der Waals surface area contributed by atoms with E-state index in [2.05, 4.69) is 53.9 Å². The molecule has 0 aliphatic carbocycles. The zero-order chi connectivity index (χ0) is 11.9. The van der Waals surface area contributed by atoms with Crippen molar-refractivity contribution in [2.75, 3.05) is 19.6 Å². The Kier molecular flexibility index (Phi) is 21.1. The molecule has 0 fully saturated rings. The highest BCUT2D eigenvalue weighted by atomic mass is 80.9. The smallest absolute Gasteiger partial charge is 0 e. The standard InChI is InChI=1S/C12H27N.Br2/c1-4-7-10-13(11-8-5-2)12-9-6-3;1-2/h4-12H2,1-3H3;. The van der Waals surface area contributed by atoms with E-state index in [9.17, 15) is 0 Å². The summed E-state index contributed by atoms with van der Waals surface area (Å²) >= 11 is 5.50. The van der Waals surface area contributed by atoms with E-state index in [0.717, 1.165) is 0 Å². The molecule has 0 rings (SSSR count). The number of hydrogen-bond donors (Lipinski definition) is 0. The monoisotopic (exact) mass is 343 g/mol. The Labute approximate surface area is 112 Å². The molecule has 0 aromatic carbocycles. The third-order valence-corrected chi connectivity index (χ3v) is 2.48. The van der Waals surface area contributed by atoms with Crippen molar-refractivity contribution in [3.8, 4) is 0 Å². The summed E-state index contributed by atoms with van der Waals surface area (Å²) in [6, 6.07) is 0. The van der Waals surface area contributed by atoms with Crippen molar-refractivity contribution in [2.24, 2.45) is 0 Å². The number of nitrogens with zero attached hydrogens (tertiary/aromatic N) is 1. The van der Waals surface area contributed by atoms with E-state index in [1.165, 1.54) is 58.2 Å². The quantitative estimate of drug-likeness (QED) is 0.542. The third kappa shape index (κ3) is 14.9. The average Bonchev–Trinajstić information content (AvgIpc) is 2.31. The van der Waals surface area contributed by atoms with Crippen LogP contribution < -0.4 is 0 Å². The predicted molar refractivity (Wildman–Crippen MR) is 79.0 cm³/mol. The fraction of sp³-hybridized carbons (Fsp3) is 1.00. The van der Waals surface area contributed by atoms with Gasteiger partial charge in [0.2, 0.25) is 0 Å². The minimum atomic E-state index is 1.32. The molecule has 15 heavy (non-hydrogen) atoms. The van der Waals surface area contributed by atoms with Crippen LogP contribution in [0.2, 0.25) is 0 Å². The van der Waals surface area contributed by atoms with Crippen molar-refractivity contribution in [1.82, 2.24) is 4.90 Å². The van der Waals surface area contributed by atoms with Crippen molar-refractivity contribution in [3.05, 3.63) is 0 Å². The largest absolute Gasteiger partial charge is 0.303 e. The Morgan fingerprint density at radius 1 is 0.667 bits per heavy atom. The van der Waals surface area contributed by atoms with Crippen LogP contribution in [-0.4, -0.2) is 24.5 Å². The molecule has 3 heteroatoms. The Balaban J connectivity index is 0.